The van der Waals surface area contributed by atoms with Gasteiger partial charge in [-0.05, 0) is 25.8 Å². The van der Waals surface area contributed by atoms with Gasteiger partial charge in [-0.25, -0.2) is 9.67 Å². The topological polar surface area (TPSA) is 63.5 Å². The van der Waals surface area contributed by atoms with Crippen molar-refractivity contribution in [1.29, 1.82) is 0 Å². The number of morpholine rings is 1. The number of nitrogens with zero attached hydrogens (tertiary/aromatic N) is 5. The Morgan fingerprint density at radius 3 is 2.64 bits per heavy atom. The molecule has 174 valence electrons. The van der Waals surface area contributed by atoms with Crippen molar-refractivity contribution >= 4 is 16.9 Å². The maximum absolute atomic E-state index is 14.1. The number of aryl methyl sites for hydroxylation is 1. The van der Waals surface area contributed by atoms with Gasteiger partial charge in [0.15, 0.2) is 5.65 Å². The van der Waals surface area contributed by atoms with Crippen molar-refractivity contribution in [1.82, 2.24) is 24.6 Å². The molecule has 2 aromatic heterocycles. The SMILES string of the molecule is CCn1ncc2c(C(=O)N(CCN3CCOCC3)C3CCCC3)cc(-c3ccccc3)nc21. The molecule has 7 nitrogen and oxygen atoms in total. The zero-order valence-electron chi connectivity index (χ0n) is 19.4. The number of benzene rings is 1. The van der Waals surface area contributed by atoms with E-state index in [0.717, 1.165) is 74.5 Å². The Morgan fingerprint density at radius 2 is 1.91 bits per heavy atom. The van der Waals surface area contributed by atoms with Gasteiger partial charge in [-0.15, -0.1) is 0 Å². The minimum atomic E-state index is 0.107. The minimum Gasteiger partial charge on any atom is -0.379 e. The van der Waals surface area contributed by atoms with E-state index in [1.165, 1.54) is 12.8 Å². The van der Waals surface area contributed by atoms with Crippen molar-refractivity contribution in [2.24, 2.45) is 0 Å². The van der Waals surface area contributed by atoms with E-state index < -0.39 is 0 Å². The summed E-state index contributed by atoms with van der Waals surface area (Å²) in [6.45, 7) is 7.83. The van der Waals surface area contributed by atoms with Crippen LogP contribution in [0.3, 0.4) is 0 Å². The molecule has 1 saturated carbocycles. The number of carbonyl (C=O) groups excluding carboxylic acids is 1. The van der Waals surface area contributed by atoms with Crippen molar-refractivity contribution in [2.45, 2.75) is 45.2 Å². The Morgan fingerprint density at radius 1 is 1.15 bits per heavy atom. The third-order valence-corrected chi connectivity index (χ3v) is 7.00. The smallest absolute Gasteiger partial charge is 0.255 e. The first-order chi connectivity index (χ1) is 16.2. The fourth-order valence-electron chi connectivity index (χ4n) is 5.11. The van der Waals surface area contributed by atoms with E-state index in [0.29, 0.717) is 18.2 Å². The molecule has 0 N–H and O–H groups in total. The van der Waals surface area contributed by atoms with Crippen LogP contribution in [0.4, 0.5) is 0 Å². The van der Waals surface area contributed by atoms with E-state index in [1.54, 1.807) is 0 Å². The number of aromatic nitrogens is 3. The Hall–Kier alpha value is -2.77. The molecule has 3 aromatic rings. The fraction of sp³-hybridized carbons (Fsp3) is 0.500. The molecule has 5 rings (SSSR count). The number of hydrogen-bond acceptors (Lipinski definition) is 5. The average molecular weight is 448 g/mol. The fourth-order valence-corrected chi connectivity index (χ4v) is 5.11. The number of amides is 1. The van der Waals surface area contributed by atoms with Crippen LogP contribution in [0.15, 0.2) is 42.6 Å². The monoisotopic (exact) mass is 447 g/mol. The van der Waals surface area contributed by atoms with Crippen LogP contribution in [0.5, 0.6) is 0 Å². The normalized spacial score (nSPS) is 17.6. The van der Waals surface area contributed by atoms with E-state index in [1.807, 2.05) is 47.3 Å². The molecule has 0 spiro atoms. The molecule has 0 radical (unpaired) electrons. The largest absolute Gasteiger partial charge is 0.379 e. The van der Waals surface area contributed by atoms with Gasteiger partial charge in [0.1, 0.15) is 0 Å². The van der Waals surface area contributed by atoms with Crippen molar-refractivity contribution in [2.75, 3.05) is 39.4 Å². The first-order valence-electron chi connectivity index (χ1n) is 12.3. The van der Waals surface area contributed by atoms with E-state index in [-0.39, 0.29) is 5.91 Å². The molecule has 0 unspecified atom stereocenters. The standard InChI is InChI=1S/C26H33N5O2/c1-2-31-25-23(19-27-31)22(18-24(28-25)20-8-4-3-5-9-20)26(32)30(21-10-6-7-11-21)13-12-29-14-16-33-17-15-29/h3-5,8-9,18-19,21H,2,6-7,10-17H2,1H3. The lowest BCUT2D eigenvalue weighted by atomic mass is 10.0. The van der Waals surface area contributed by atoms with Gasteiger partial charge in [0.2, 0.25) is 0 Å². The number of fused-ring (bicyclic) bond motifs is 1. The van der Waals surface area contributed by atoms with E-state index in [9.17, 15) is 4.79 Å². The lowest BCUT2D eigenvalue weighted by Crippen LogP contribution is -2.46. The van der Waals surface area contributed by atoms with Gasteiger partial charge in [0.25, 0.3) is 5.91 Å². The Kier molecular flexibility index (Phi) is 6.69. The molecule has 1 aliphatic carbocycles. The van der Waals surface area contributed by atoms with Crippen LogP contribution in [0.2, 0.25) is 0 Å². The van der Waals surface area contributed by atoms with Gasteiger partial charge in [0, 0.05) is 44.3 Å². The van der Waals surface area contributed by atoms with Crippen molar-refractivity contribution in [3.05, 3.63) is 48.2 Å². The molecule has 7 heteroatoms. The van der Waals surface area contributed by atoms with Gasteiger partial charge in [0.05, 0.1) is 36.1 Å². The molecule has 1 amide bonds. The summed E-state index contributed by atoms with van der Waals surface area (Å²) in [5, 5.41) is 5.37. The zero-order chi connectivity index (χ0) is 22.6. The average Bonchev–Trinajstić information content (AvgIpc) is 3.55. The first kappa shape index (κ1) is 22.0. The van der Waals surface area contributed by atoms with Crippen molar-refractivity contribution in [3.63, 3.8) is 0 Å². The van der Waals surface area contributed by atoms with E-state index in [2.05, 4.69) is 21.8 Å². The molecule has 33 heavy (non-hydrogen) atoms. The highest BCUT2D eigenvalue weighted by Gasteiger charge is 2.30. The lowest BCUT2D eigenvalue weighted by Gasteiger charge is -2.33. The molecule has 1 aromatic carbocycles. The van der Waals surface area contributed by atoms with Crippen LogP contribution in [0, 0.1) is 0 Å². The van der Waals surface area contributed by atoms with E-state index >= 15 is 0 Å². The Balaban J connectivity index is 1.51. The Labute approximate surface area is 195 Å². The minimum absolute atomic E-state index is 0.107. The van der Waals surface area contributed by atoms with Gasteiger partial charge >= 0.3 is 0 Å². The summed E-state index contributed by atoms with van der Waals surface area (Å²) >= 11 is 0. The van der Waals surface area contributed by atoms with Crippen LogP contribution in [-0.4, -0.2) is 75.9 Å². The number of ether oxygens (including phenoxy) is 1. The number of hydrogen-bond donors (Lipinski definition) is 0. The quantitative estimate of drug-likeness (QED) is 0.551. The summed E-state index contributed by atoms with van der Waals surface area (Å²) in [5.74, 6) is 0.107. The highest BCUT2D eigenvalue weighted by atomic mass is 16.5. The molecule has 1 saturated heterocycles. The Bertz CT molecular complexity index is 1080. The van der Waals surface area contributed by atoms with Crippen LogP contribution >= 0.6 is 0 Å². The summed E-state index contributed by atoms with van der Waals surface area (Å²) in [7, 11) is 0. The van der Waals surface area contributed by atoms with Crippen LogP contribution in [0.1, 0.15) is 43.0 Å². The zero-order valence-corrected chi connectivity index (χ0v) is 19.4. The summed E-state index contributed by atoms with van der Waals surface area (Å²) in [5.41, 5.74) is 3.33. The summed E-state index contributed by atoms with van der Waals surface area (Å²) < 4.78 is 7.38. The predicted molar refractivity (Wildman–Crippen MR) is 129 cm³/mol. The number of carbonyl (C=O) groups is 1. The maximum atomic E-state index is 14.1. The van der Waals surface area contributed by atoms with Gasteiger partial charge in [-0.1, -0.05) is 43.2 Å². The third kappa shape index (κ3) is 4.66. The second-order valence-corrected chi connectivity index (χ2v) is 9.01. The van der Waals surface area contributed by atoms with Gasteiger partial charge in [-0.2, -0.15) is 5.10 Å². The van der Waals surface area contributed by atoms with Crippen molar-refractivity contribution in [3.8, 4) is 11.3 Å². The summed E-state index contributed by atoms with van der Waals surface area (Å²) in [4.78, 5) is 23.6. The molecule has 2 aliphatic rings. The third-order valence-electron chi connectivity index (χ3n) is 7.00. The van der Waals surface area contributed by atoms with Gasteiger partial charge in [-0.3, -0.25) is 9.69 Å². The predicted octanol–water partition coefficient (Wildman–Crippen LogP) is 3.84. The van der Waals surface area contributed by atoms with Gasteiger partial charge < -0.3 is 9.64 Å². The second-order valence-electron chi connectivity index (χ2n) is 9.01. The highest BCUT2D eigenvalue weighted by Crippen LogP contribution is 2.29. The second kappa shape index (κ2) is 10.0. The van der Waals surface area contributed by atoms with Crippen molar-refractivity contribution < 1.29 is 9.53 Å². The summed E-state index contributed by atoms with van der Waals surface area (Å²) in [6, 6.07) is 12.4. The molecule has 3 heterocycles. The maximum Gasteiger partial charge on any atom is 0.255 e. The lowest BCUT2D eigenvalue weighted by molar-refractivity contribution is 0.0298. The van der Waals surface area contributed by atoms with Crippen LogP contribution < -0.4 is 0 Å². The van der Waals surface area contributed by atoms with Crippen LogP contribution in [-0.2, 0) is 11.3 Å². The molecule has 0 atom stereocenters. The number of rotatable bonds is 7. The van der Waals surface area contributed by atoms with E-state index in [4.69, 9.17) is 9.72 Å². The molecule has 1 aliphatic heterocycles. The number of pyridine rings is 1. The highest BCUT2D eigenvalue weighted by molar-refractivity contribution is 6.06. The first-order valence-corrected chi connectivity index (χ1v) is 12.3. The molecular weight excluding hydrogens is 414 g/mol. The van der Waals surface area contributed by atoms with Crippen LogP contribution in [0.25, 0.3) is 22.3 Å². The molecule has 0 bridgehead atoms. The molecular formula is C26H33N5O2. The molecule has 2 fully saturated rings. The summed E-state index contributed by atoms with van der Waals surface area (Å²) in [6.07, 6.45) is 6.37.